The van der Waals surface area contributed by atoms with Gasteiger partial charge in [-0.25, -0.2) is 0 Å². The van der Waals surface area contributed by atoms with Crippen LogP contribution in [0.4, 0.5) is 5.88 Å². The number of nitrogens with zero attached hydrogens (tertiary/aromatic N) is 2. The zero-order valence-electron chi connectivity index (χ0n) is 11.7. The Morgan fingerprint density at radius 3 is 2.62 bits per heavy atom. The highest BCUT2D eigenvalue weighted by atomic mass is 35.5. The number of rotatable bonds is 6. The summed E-state index contributed by atoms with van der Waals surface area (Å²) in [5.74, 6) is 0.490. The van der Waals surface area contributed by atoms with E-state index in [1.807, 2.05) is 6.08 Å². The highest BCUT2D eigenvalue weighted by Crippen LogP contribution is 2.30. The third-order valence-electron chi connectivity index (χ3n) is 3.36. The largest absolute Gasteiger partial charge is 0.433 e. The Morgan fingerprint density at radius 2 is 2.10 bits per heavy atom. The SMILES string of the molecule is C=CCC[C@H](c1ccc([N+](=O)[O-])o1)N1CCNCC1.Cl.Cl. The molecule has 1 aliphatic heterocycles. The van der Waals surface area contributed by atoms with Crippen molar-refractivity contribution in [2.75, 3.05) is 26.2 Å². The Balaban J connectivity index is 0.00000200. The van der Waals surface area contributed by atoms with Crippen LogP contribution in [0.15, 0.2) is 29.2 Å². The van der Waals surface area contributed by atoms with E-state index >= 15 is 0 Å². The number of allylic oxidation sites excluding steroid dienone is 1. The quantitative estimate of drug-likeness (QED) is 0.491. The topological polar surface area (TPSA) is 71.5 Å². The molecule has 1 saturated heterocycles. The van der Waals surface area contributed by atoms with Crippen LogP contribution in [0.5, 0.6) is 0 Å². The van der Waals surface area contributed by atoms with Crippen LogP contribution in [0.1, 0.15) is 24.6 Å². The van der Waals surface area contributed by atoms with E-state index in [2.05, 4.69) is 16.8 Å². The first kappa shape index (κ1) is 19.9. The standard InChI is InChI=1S/C13H19N3O3.2ClH/c1-2-3-4-11(15-9-7-14-8-10-15)12-5-6-13(19-12)16(17)18;;/h2,5-6,11,14H,1,3-4,7-10H2;2*1H/t11-;;/m1../s1. The molecule has 0 aromatic carbocycles. The van der Waals surface area contributed by atoms with Crippen LogP contribution >= 0.6 is 24.8 Å². The molecule has 1 aromatic heterocycles. The number of nitrogens with one attached hydrogen (secondary N) is 1. The third kappa shape index (κ3) is 5.32. The molecule has 0 saturated carbocycles. The number of nitro groups is 1. The van der Waals surface area contributed by atoms with E-state index in [1.165, 1.54) is 6.07 Å². The highest BCUT2D eigenvalue weighted by molar-refractivity contribution is 5.85. The highest BCUT2D eigenvalue weighted by Gasteiger charge is 2.26. The molecule has 0 aliphatic carbocycles. The maximum absolute atomic E-state index is 10.7. The van der Waals surface area contributed by atoms with Crippen molar-refractivity contribution in [3.63, 3.8) is 0 Å². The second-order valence-electron chi connectivity index (χ2n) is 4.60. The van der Waals surface area contributed by atoms with Gasteiger partial charge in [0, 0.05) is 26.2 Å². The molecule has 1 aliphatic rings. The van der Waals surface area contributed by atoms with Crippen LogP contribution in [-0.4, -0.2) is 36.0 Å². The fourth-order valence-corrected chi connectivity index (χ4v) is 2.39. The molecule has 1 atom stereocenters. The molecular weight excluding hydrogens is 317 g/mol. The van der Waals surface area contributed by atoms with Crippen LogP contribution in [0.25, 0.3) is 0 Å². The number of furan rings is 1. The lowest BCUT2D eigenvalue weighted by Gasteiger charge is -2.33. The summed E-state index contributed by atoms with van der Waals surface area (Å²) in [6.07, 6.45) is 3.60. The van der Waals surface area contributed by atoms with Gasteiger partial charge in [0.25, 0.3) is 0 Å². The average molecular weight is 338 g/mol. The second kappa shape index (κ2) is 9.78. The van der Waals surface area contributed by atoms with Gasteiger partial charge in [-0.05, 0) is 18.9 Å². The molecule has 120 valence electrons. The lowest BCUT2D eigenvalue weighted by molar-refractivity contribution is -0.402. The van der Waals surface area contributed by atoms with Crippen molar-refractivity contribution < 1.29 is 9.34 Å². The van der Waals surface area contributed by atoms with Crippen molar-refractivity contribution in [3.05, 3.63) is 40.7 Å². The molecule has 2 heterocycles. The van der Waals surface area contributed by atoms with Gasteiger partial charge in [0.15, 0.2) is 0 Å². The lowest BCUT2D eigenvalue weighted by atomic mass is 10.1. The van der Waals surface area contributed by atoms with E-state index in [1.54, 1.807) is 6.07 Å². The van der Waals surface area contributed by atoms with Crippen LogP contribution in [0.2, 0.25) is 0 Å². The van der Waals surface area contributed by atoms with Crippen molar-refractivity contribution in [2.24, 2.45) is 0 Å². The molecule has 2 rings (SSSR count). The van der Waals surface area contributed by atoms with Gasteiger partial charge in [0.1, 0.15) is 10.7 Å². The summed E-state index contributed by atoms with van der Waals surface area (Å²) in [5.41, 5.74) is 0. The Kier molecular flexibility index (Phi) is 9.28. The first-order valence-electron chi connectivity index (χ1n) is 6.52. The van der Waals surface area contributed by atoms with E-state index < -0.39 is 4.92 Å². The average Bonchev–Trinajstić information content (AvgIpc) is 2.90. The monoisotopic (exact) mass is 337 g/mol. The number of halogens is 2. The summed E-state index contributed by atoms with van der Waals surface area (Å²) >= 11 is 0. The van der Waals surface area contributed by atoms with Gasteiger partial charge in [-0.15, -0.1) is 31.4 Å². The molecule has 8 heteroatoms. The molecule has 0 radical (unpaired) electrons. The lowest BCUT2D eigenvalue weighted by Crippen LogP contribution is -2.45. The van der Waals surface area contributed by atoms with Crippen LogP contribution in [0, 0.1) is 10.1 Å². The van der Waals surface area contributed by atoms with Crippen molar-refractivity contribution in [3.8, 4) is 0 Å². The molecule has 21 heavy (non-hydrogen) atoms. The van der Waals surface area contributed by atoms with Crippen LogP contribution in [0.3, 0.4) is 0 Å². The predicted molar refractivity (Wildman–Crippen MR) is 86.5 cm³/mol. The van der Waals surface area contributed by atoms with Gasteiger partial charge in [0.2, 0.25) is 0 Å². The molecular formula is C13H21Cl2N3O3. The van der Waals surface area contributed by atoms with Gasteiger partial charge in [-0.3, -0.25) is 15.0 Å². The van der Waals surface area contributed by atoms with E-state index in [0.717, 1.165) is 39.0 Å². The summed E-state index contributed by atoms with van der Waals surface area (Å²) in [5, 5.41) is 14.0. The van der Waals surface area contributed by atoms with Gasteiger partial charge >= 0.3 is 5.88 Å². The summed E-state index contributed by atoms with van der Waals surface area (Å²) in [4.78, 5) is 12.5. The molecule has 0 amide bonds. The Labute approximate surface area is 136 Å². The number of hydrogen-bond acceptors (Lipinski definition) is 5. The van der Waals surface area contributed by atoms with Gasteiger partial charge in [-0.1, -0.05) is 6.08 Å². The predicted octanol–water partition coefficient (Wildman–Crippen LogP) is 2.94. The van der Waals surface area contributed by atoms with Crippen molar-refractivity contribution in [1.29, 1.82) is 0 Å². The first-order valence-corrected chi connectivity index (χ1v) is 6.52. The normalized spacial score (nSPS) is 16.4. The fourth-order valence-electron chi connectivity index (χ4n) is 2.39. The Hall–Kier alpha value is -1.08. The van der Waals surface area contributed by atoms with Crippen molar-refractivity contribution >= 4 is 30.7 Å². The molecule has 0 bridgehead atoms. The van der Waals surface area contributed by atoms with Crippen LogP contribution < -0.4 is 5.32 Å². The maximum atomic E-state index is 10.7. The molecule has 1 N–H and O–H groups in total. The van der Waals surface area contributed by atoms with Crippen molar-refractivity contribution in [1.82, 2.24) is 10.2 Å². The summed E-state index contributed by atoms with van der Waals surface area (Å²) < 4.78 is 5.36. The Morgan fingerprint density at radius 1 is 1.43 bits per heavy atom. The van der Waals surface area contributed by atoms with Crippen LogP contribution in [-0.2, 0) is 0 Å². The Bertz CT molecular complexity index is 448. The van der Waals surface area contributed by atoms with E-state index in [0.29, 0.717) is 5.76 Å². The smallest absolute Gasteiger partial charge is 0.404 e. The minimum Gasteiger partial charge on any atom is -0.404 e. The molecule has 1 aromatic rings. The van der Waals surface area contributed by atoms with Gasteiger partial charge < -0.3 is 9.73 Å². The zero-order valence-corrected chi connectivity index (χ0v) is 13.3. The fraction of sp³-hybridized carbons (Fsp3) is 0.538. The second-order valence-corrected chi connectivity index (χ2v) is 4.60. The molecule has 0 unspecified atom stereocenters. The molecule has 6 nitrogen and oxygen atoms in total. The van der Waals surface area contributed by atoms with E-state index in [9.17, 15) is 10.1 Å². The molecule has 0 spiro atoms. The first-order chi connectivity index (χ1) is 9.22. The minimum atomic E-state index is -0.494. The summed E-state index contributed by atoms with van der Waals surface area (Å²) in [6.45, 7) is 7.46. The van der Waals surface area contributed by atoms with Crippen molar-refractivity contribution in [2.45, 2.75) is 18.9 Å². The van der Waals surface area contributed by atoms with E-state index in [4.69, 9.17) is 4.42 Å². The van der Waals surface area contributed by atoms with E-state index in [-0.39, 0.29) is 36.7 Å². The number of piperazine rings is 1. The maximum Gasteiger partial charge on any atom is 0.433 e. The van der Waals surface area contributed by atoms with Gasteiger partial charge in [-0.2, -0.15) is 0 Å². The number of hydrogen-bond donors (Lipinski definition) is 1. The third-order valence-corrected chi connectivity index (χ3v) is 3.36. The zero-order chi connectivity index (χ0) is 13.7. The minimum absolute atomic E-state index is 0. The van der Waals surface area contributed by atoms with Gasteiger partial charge in [0.05, 0.1) is 12.1 Å². The molecule has 1 fully saturated rings. The summed E-state index contributed by atoms with van der Waals surface area (Å²) in [6, 6.07) is 3.24. The summed E-state index contributed by atoms with van der Waals surface area (Å²) in [7, 11) is 0.